The first-order valence-corrected chi connectivity index (χ1v) is 8.08. The fourth-order valence-electron chi connectivity index (χ4n) is 2.59. The number of carbonyl (C=O) groups is 1. The van der Waals surface area contributed by atoms with Gasteiger partial charge in [0, 0.05) is 41.5 Å². The molecule has 0 radical (unpaired) electrons. The van der Waals surface area contributed by atoms with Crippen molar-refractivity contribution in [1.82, 2.24) is 14.9 Å². The number of amides is 1. The summed E-state index contributed by atoms with van der Waals surface area (Å²) in [6.07, 6.45) is 4.47. The number of hydrogen-bond acceptors (Lipinski definition) is 4. The van der Waals surface area contributed by atoms with E-state index in [1.165, 1.54) is 9.75 Å². The quantitative estimate of drug-likeness (QED) is 0.899. The van der Waals surface area contributed by atoms with Gasteiger partial charge < -0.3 is 15.6 Å². The standard InChI is InChI=1S/C15H20N4OS/c1-10-2-4-12(21-10)6-7-17-15(20)13-9-19-8-11(16)3-5-14(19)18-13/h2,4,9,11H,3,5-8,16H2,1H3,(H,17,20). The Morgan fingerprint density at radius 3 is 3.19 bits per heavy atom. The van der Waals surface area contributed by atoms with E-state index in [2.05, 4.69) is 29.4 Å². The van der Waals surface area contributed by atoms with E-state index in [-0.39, 0.29) is 11.9 Å². The molecule has 0 spiro atoms. The van der Waals surface area contributed by atoms with Gasteiger partial charge in [-0.15, -0.1) is 11.3 Å². The SMILES string of the molecule is Cc1ccc(CCNC(=O)c2cn3c(n2)CCC(N)C3)s1. The fourth-order valence-corrected chi connectivity index (χ4v) is 3.48. The molecule has 6 heteroatoms. The highest BCUT2D eigenvalue weighted by atomic mass is 32.1. The molecule has 0 saturated heterocycles. The van der Waals surface area contributed by atoms with Gasteiger partial charge >= 0.3 is 0 Å². The van der Waals surface area contributed by atoms with E-state index in [9.17, 15) is 4.79 Å². The summed E-state index contributed by atoms with van der Waals surface area (Å²) in [4.78, 5) is 19.1. The van der Waals surface area contributed by atoms with E-state index < -0.39 is 0 Å². The van der Waals surface area contributed by atoms with Crippen LogP contribution in [0.15, 0.2) is 18.3 Å². The van der Waals surface area contributed by atoms with Crippen LogP contribution < -0.4 is 11.1 Å². The van der Waals surface area contributed by atoms with Gasteiger partial charge in [0.15, 0.2) is 0 Å². The molecular formula is C15H20N4OS. The number of hydrogen-bond donors (Lipinski definition) is 2. The lowest BCUT2D eigenvalue weighted by molar-refractivity contribution is 0.0949. The van der Waals surface area contributed by atoms with Crippen LogP contribution in [0.25, 0.3) is 0 Å². The second-order valence-electron chi connectivity index (χ2n) is 5.51. The lowest BCUT2D eigenvalue weighted by atomic mass is 10.1. The molecule has 2 aromatic rings. The predicted molar refractivity (Wildman–Crippen MR) is 83.6 cm³/mol. The Kier molecular flexibility index (Phi) is 4.07. The topological polar surface area (TPSA) is 72.9 Å². The molecule has 21 heavy (non-hydrogen) atoms. The molecule has 3 heterocycles. The van der Waals surface area contributed by atoms with Crippen molar-refractivity contribution in [2.24, 2.45) is 5.73 Å². The maximum absolute atomic E-state index is 12.1. The van der Waals surface area contributed by atoms with Crippen LogP contribution in [0.5, 0.6) is 0 Å². The molecule has 0 aromatic carbocycles. The second-order valence-corrected chi connectivity index (χ2v) is 6.88. The third-order valence-electron chi connectivity index (χ3n) is 3.71. The van der Waals surface area contributed by atoms with Crippen molar-refractivity contribution >= 4 is 17.2 Å². The fraction of sp³-hybridized carbons (Fsp3) is 0.467. The number of nitrogens with zero attached hydrogens (tertiary/aromatic N) is 2. The van der Waals surface area contributed by atoms with E-state index in [4.69, 9.17) is 5.73 Å². The van der Waals surface area contributed by atoms with Crippen molar-refractivity contribution in [3.05, 3.63) is 39.6 Å². The van der Waals surface area contributed by atoms with Crippen LogP contribution in [0.2, 0.25) is 0 Å². The number of imidazole rings is 1. The van der Waals surface area contributed by atoms with E-state index in [0.29, 0.717) is 12.2 Å². The summed E-state index contributed by atoms with van der Waals surface area (Å²) in [6, 6.07) is 4.39. The monoisotopic (exact) mass is 304 g/mol. The van der Waals surface area contributed by atoms with Gasteiger partial charge in [-0.1, -0.05) is 0 Å². The van der Waals surface area contributed by atoms with Gasteiger partial charge in [0.1, 0.15) is 11.5 Å². The maximum Gasteiger partial charge on any atom is 0.271 e. The third-order valence-corrected chi connectivity index (χ3v) is 4.78. The third kappa shape index (κ3) is 3.33. The molecule has 1 unspecified atom stereocenters. The summed E-state index contributed by atoms with van der Waals surface area (Å²) < 4.78 is 2.01. The van der Waals surface area contributed by atoms with Crippen molar-refractivity contribution in [2.45, 2.75) is 38.8 Å². The molecule has 1 aliphatic heterocycles. The summed E-state index contributed by atoms with van der Waals surface area (Å²) >= 11 is 1.77. The Labute approximate surface area is 128 Å². The van der Waals surface area contributed by atoms with Gasteiger partial charge in [-0.05, 0) is 31.9 Å². The zero-order valence-corrected chi connectivity index (χ0v) is 12.9. The zero-order chi connectivity index (χ0) is 14.8. The predicted octanol–water partition coefficient (Wildman–Crippen LogP) is 1.50. The van der Waals surface area contributed by atoms with Gasteiger partial charge in [-0.25, -0.2) is 4.98 Å². The first kappa shape index (κ1) is 14.3. The van der Waals surface area contributed by atoms with Gasteiger partial charge in [0.25, 0.3) is 5.91 Å². The molecule has 5 nitrogen and oxygen atoms in total. The second kappa shape index (κ2) is 5.99. The van der Waals surface area contributed by atoms with E-state index in [0.717, 1.165) is 31.6 Å². The molecule has 1 amide bonds. The summed E-state index contributed by atoms with van der Waals surface area (Å²) in [6.45, 7) is 3.48. The van der Waals surface area contributed by atoms with Crippen LogP contribution in [-0.2, 0) is 19.4 Å². The maximum atomic E-state index is 12.1. The van der Waals surface area contributed by atoms with Crippen LogP contribution in [0.4, 0.5) is 0 Å². The molecule has 0 bridgehead atoms. The minimum atomic E-state index is -0.0984. The van der Waals surface area contributed by atoms with Crippen LogP contribution in [0, 0.1) is 6.92 Å². The first-order valence-electron chi connectivity index (χ1n) is 7.27. The lowest BCUT2D eigenvalue weighted by Crippen LogP contribution is -2.31. The molecule has 1 atom stereocenters. The Morgan fingerprint density at radius 2 is 2.43 bits per heavy atom. The Bertz CT molecular complexity index is 646. The molecule has 2 aromatic heterocycles. The molecule has 112 valence electrons. The summed E-state index contributed by atoms with van der Waals surface area (Å²) in [7, 11) is 0. The largest absolute Gasteiger partial charge is 0.350 e. The average Bonchev–Trinajstić information content (AvgIpc) is 3.04. The molecule has 3 N–H and O–H groups in total. The smallest absolute Gasteiger partial charge is 0.271 e. The minimum Gasteiger partial charge on any atom is -0.350 e. The number of fused-ring (bicyclic) bond motifs is 1. The van der Waals surface area contributed by atoms with E-state index >= 15 is 0 Å². The highest BCUT2D eigenvalue weighted by Gasteiger charge is 2.19. The number of aromatic nitrogens is 2. The highest BCUT2D eigenvalue weighted by Crippen LogP contribution is 2.16. The van der Waals surface area contributed by atoms with Crippen LogP contribution >= 0.6 is 11.3 Å². The van der Waals surface area contributed by atoms with Gasteiger partial charge in [0.2, 0.25) is 0 Å². The number of nitrogens with one attached hydrogen (secondary N) is 1. The van der Waals surface area contributed by atoms with Gasteiger partial charge in [-0.3, -0.25) is 4.79 Å². The first-order chi connectivity index (χ1) is 10.1. The molecule has 0 aliphatic carbocycles. The van der Waals surface area contributed by atoms with Crippen molar-refractivity contribution in [2.75, 3.05) is 6.54 Å². The van der Waals surface area contributed by atoms with Crippen molar-refractivity contribution in [3.63, 3.8) is 0 Å². The Morgan fingerprint density at radius 1 is 1.57 bits per heavy atom. The zero-order valence-electron chi connectivity index (χ0n) is 12.1. The van der Waals surface area contributed by atoms with Gasteiger partial charge in [-0.2, -0.15) is 0 Å². The Hall–Kier alpha value is -1.66. The molecule has 0 saturated carbocycles. The number of aryl methyl sites for hydroxylation is 2. The van der Waals surface area contributed by atoms with Crippen molar-refractivity contribution < 1.29 is 4.79 Å². The number of nitrogens with two attached hydrogens (primary N) is 1. The van der Waals surface area contributed by atoms with Crippen LogP contribution in [0.1, 0.15) is 32.5 Å². The number of carbonyl (C=O) groups excluding carboxylic acids is 1. The minimum absolute atomic E-state index is 0.0984. The normalized spacial score (nSPS) is 17.5. The number of rotatable bonds is 4. The van der Waals surface area contributed by atoms with E-state index in [1.807, 2.05) is 10.8 Å². The van der Waals surface area contributed by atoms with Crippen molar-refractivity contribution in [3.8, 4) is 0 Å². The average molecular weight is 304 g/mol. The molecular weight excluding hydrogens is 284 g/mol. The van der Waals surface area contributed by atoms with E-state index in [1.54, 1.807) is 11.3 Å². The van der Waals surface area contributed by atoms with Crippen LogP contribution in [0.3, 0.4) is 0 Å². The number of thiophene rings is 1. The Balaban J connectivity index is 1.56. The molecule has 1 aliphatic rings. The summed E-state index contributed by atoms with van der Waals surface area (Å²) in [5.41, 5.74) is 6.43. The van der Waals surface area contributed by atoms with Crippen molar-refractivity contribution in [1.29, 1.82) is 0 Å². The summed E-state index contributed by atoms with van der Waals surface area (Å²) in [5, 5.41) is 2.94. The molecule has 0 fully saturated rings. The van der Waals surface area contributed by atoms with Gasteiger partial charge in [0.05, 0.1) is 0 Å². The van der Waals surface area contributed by atoms with Crippen LogP contribution in [-0.4, -0.2) is 28.0 Å². The molecule has 3 rings (SSSR count). The lowest BCUT2D eigenvalue weighted by Gasteiger charge is -2.19. The highest BCUT2D eigenvalue weighted by molar-refractivity contribution is 7.11. The summed E-state index contributed by atoms with van der Waals surface area (Å²) in [5.74, 6) is 0.870.